The van der Waals surface area contributed by atoms with E-state index in [0.29, 0.717) is 25.8 Å². The molecule has 6 N–H and O–H groups in total. The molecule has 0 aromatic carbocycles. The zero-order chi connectivity index (χ0) is 22.2. The Hall–Kier alpha value is -1.40. The molecule has 0 unspecified atom stereocenters. The lowest BCUT2D eigenvalue weighted by atomic mass is 10.1. The Kier molecular flexibility index (Phi) is 25.3. The van der Waals surface area contributed by atoms with Crippen LogP contribution < -0.4 is 11.5 Å². The van der Waals surface area contributed by atoms with Gasteiger partial charge < -0.3 is 21.7 Å². The summed E-state index contributed by atoms with van der Waals surface area (Å²) in [6, 6.07) is -0.742. The van der Waals surface area contributed by atoms with Crippen molar-refractivity contribution < 1.29 is 19.8 Å². The maximum absolute atomic E-state index is 10.3. The first-order valence-corrected chi connectivity index (χ1v) is 11.5. The number of carboxylic acids is 2. The van der Waals surface area contributed by atoms with Crippen LogP contribution in [0.1, 0.15) is 110 Å². The van der Waals surface area contributed by atoms with Gasteiger partial charge in [0.25, 0.3) is 0 Å². The van der Waals surface area contributed by atoms with Crippen LogP contribution in [-0.2, 0) is 9.59 Å². The van der Waals surface area contributed by atoms with E-state index in [2.05, 4.69) is 19.1 Å². The molecule has 0 radical (unpaired) electrons. The smallest absolute Gasteiger partial charge is 0.320 e. The zero-order valence-corrected chi connectivity index (χ0v) is 18.6. The van der Waals surface area contributed by atoms with Crippen LogP contribution in [0.2, 0.25) is 0 Å². The minimum atomic E-state index is -0.955. The second kappa shape index (κ2) is 24.6. The minimum Gasteiger partial charge on any atom is -0.481 e. The van der Waals surface area contributed by atoms with E-state index >= 15 is 0 Å². The number of unbranched alkanes of at least 4 members (excludes halogenated alkanes) is 11. The molecule has 0 aromatic heterocycles. The van der Waals surface area contributed by atoms with Gasteiger partial charge in [0.2, 0.25) is 0 Å². The van der Waals surface area contributed by atoms with Gasteiger partial charge in [0.05, 0.1) is 0 Å². The van der Waals surface area contributed by atoms with Crippen LogP contribution in [0.5, 0.6) is 0 Å². The SMILES string of the molecule is CCCCCCCC/C=C\CCCCCCCC(=O)O.NCCC[C@H](N)C(=O)O. The molecule has 0 saturated carbocycles. The van der Waals surface area contributed by atoms with Crippen LogP contribution in [0.25, 0.3) is 0 Å². The van der Waals surface area contributed by atoms with Crippen molar-refractivity contribution in [1.29, 1.82) is 0 Å². The van der Waals surface area contributed by atoms with E-state index in [4.69, 9.17) is 21.7 Å². The molecule has 1 atom stereocenters. The van der Waals surface area contributed by atoms with Crippen molar-refractivity contribution in [1.82, 2.24) is 0 Å². The molecule has 6 nitrogen and oxygen atoms in total. The summed E-state index contributed by atoms with van der Waals surface area (Å²) < 4.78 is 0. The van der Waals surface area contributed by atoms with Gasteiger partial charge in [0.15, 0.2) is 0 Å². The molecule has 172 valence electrons. The van der Waals surface area contributed by atoms with Crippen molar-refractivity contribution in [3.05, 3.63) is 12.2 Å². The van der Waals surface area contributed by atoms with E-state index in [1.54, 1.807) is 0 Å². The third-order valence-electron chi connectivity index (χ3n) is 4.69. The molecule has 0 fully saturated rings. The number of hydrogen-bond acceptors (Lipinski definition) is 4. The van der Waals surface area contributed by atoms with E-state index in [1.807, 2.05) is 0 Å². The Balaban J connectivity index is 0. The number of rotatable bonds is 19. The molecule has 0 aliphatic carbocycles. The monoisotopic (exact) mass is 414 g/mol. The average molecular weight is 415 g/mol. The van der Waals surface area contributed by atoms with Crippen molar-refractivity contribution in [2.45, 2.75) is 116 Å². The highest BCUT2D eigenvalue weighted by Gasteiger charge is 2.08. The van der Waals surface area contributed by atoms with E-state index < -0.39 is 18.0 Å². The van der Waals surface area contributed by atoms with E-state index in [9.17, 15) is 9.59 Å². The van der Waals surface area contributed by atoms with Gasteiger partial charge in [-0.3, -0.25) is 9.59 Å². The third-order valence-corrected chi connectivity index (χ3v) is 4.69. The topological polar surface area (TPSA) is 127 Å². The lowest BCUT2D eigenvalue weighted by Crippen LogP contribution is -2.30. The summed E-state index contributed by atoms with van der Waals surface area (Å²) in [5.41, 5.74) is 10.3. The summed E-state index contributed by atoms with van der Waals surface area (Å²) in [6.45, 7) is 2.76. The highest BCUT2D eigenvalue weighted by atomic mass is 16.4. The molecule has 0 aliphatic rings. The van der Waals surface area contributed by atoms with Crippen LogP contribution in [0, 0.1) is 0 Å². The molecule has 29 heavy (non-hydrogen) atoms. The van der Waals surface area contributed by atoms with Crippen molar-refractivity contribution in [2.24, 2.45) is 11.5 Å². The Morgan fingerprint density at radius 1 is 0.793 bits per heavy atom. The number of hydrogen-bond donors (Lipinski definition) is 4. The number of carboxylic acid groups (broad SMARTS) is 2. The predicted molar refractivity (Wildman–Crippen MR) is 121 cm³/mol. The fraction of sp³-hybridized carbons (Fsp3) is 0.826. The zero-order valence-electron chi connectivity index (χ0n) is 18.6. The summed E-state index contributed by atoms with van der Waals surface area (Å²) >= 11 is 0. The number of allylic oxidation sites excluding steroid dienone is 2. The van der Waals surface area contributed by atoms with E-state index in [-0.39, 0.29) is 0 Å². The molecule has 0 aliphatic heterocycles. The molecule has 0 heterocycles. The summed E-state index contributed by atoms with van der Waals surface area (Å²) in [4.78, 5) is 20.4. The Bertz CT molecular complexity index is 400. The molecular formula is C23H46N2O4. The third kappa shape index (κ3) is 28.9. The first-order chi connectivity index (χ1) is 14.0. The first-order valence-electron chi connectivity index (χ1n) is 11.5. The summed E-state index contributed by atoms with van der Waals surface area (Å²) in [7, 11) is 0. The maximum Gasteiger partial charge on any atom is 0.320 e. The van der Waals surface area contributed by atoms with Crippen LogP contribution in [0.3, 0.4) is 0 Å². The van der Waals surface area contributed by atoms with Gasteiger partial charge >= 0.3 is 11.9 Å². The quantitative estimate of drug-likeness (QED) is 0.169. The molecule has 0 bridgehead atoms. The molecule has 0 spiro atoms. The summed E-state index contributed by atoms with van der Waals surface area (Å²) in [5, 5.41) is 16.8. The number of aliphatic carboxylic acids is 2. The van der Waals surface area contributed by atoms with Gasteiger partial charge in [-0.1, -0.05) is 70.4 Å². The minimum absolute atomic E-state index is 0.332. The lowest BCUT2D eigenvalue weighted by molar-refractivity contribution is -0.139. The Morgan fingerprint density at radius 3 is 1.72 bits per heavy atom. The first kappa shape index (κ1) is 29.8. The second-order valence-electron chi connectivity index (χ2n) is 7.60. The van der Waals surface area contributed by atoms with Gasteiger partial charge in [-0.05, 0) is 51.5 Å². The predicted octanol–water partition coefficient (Wildman–Crippen LogP) is 5.25. The summed E-state index contributed by atoms with van der Waals surface area (Å²) in [5.74, 6) is -1.62. The van der Waals surface area contributed by atoms with Crippen LogP contribution in [-0.4, -0.2) is 34.7 Å². The molecule has 6 heteroatoms. The number of nitrogens with two attached hydrogens (primary N) is 2. The number of carbonyl (C=O) groups is 2. The van der Waals surface area contributed by atoms with Crippen LogP contribution in [0.15, 0.2) is 12.2 Å². The molecule has 0 aromatic rings. The summed E-state index contributed by atoms with van der Waals surface area (Å²) in [6.07, 6.45) is 22.4. The molecular weight excluding hydrogens is 368 g/mol. The lowest BCUT2D eigenvalue weighted by Gasteiger charge is -2.02. The second-order valence-corrected chi connectivity index (χ2v) is 7.60. The maximum atomic E-state index is 10.3. The van der Waals surface area contributed by atoms with E-state index in [1.165, 1.54) is 70.6 Å². The van der Waals surface area contributed by atoms with Gasteiger partial charge in [0, 0.05) is 6.42 Å². The highest BCUT2D eigenvalue weighted by molar-refractivity contribution is 5.72. The average Bonchev–Trinajstić information content (AvgIpc) is 2.69. The van der Waals surface area contributed by atoms with Gasteiger partial charge in [-0.2, -0.15) is 0 Å². The Morgan fingerprint density at radius 2 is 1.28 bits per heavy atom. The van der Waals surface area contributed by atoms with Crippen molar-refractivity contribution in [3.63, 3.8) is 0 Å². The van der Waals surface area contributed by atoms with Crippen molar-refractivity contribution in [2.75, 3.05) is 6.54 Å². The fourth-order valence-corrected chi connectivity index (χ4v) is 2.81. The molecule has 0 saturated heterocycles. The van der Waals surface area contributed by atoms with Gasteiger partial charge in [-0.25, -0.2) is 0 Å². The fourth-order valence-electron chi connectivity index (χ4n) is 2.81. The van der Waals surface area contributed by atoms with Gasteiger partial charge in [0.1, 0.15) is 6.04 Å². The highest BCUT2D eigenvalue weighted by Crippen LogP contribution is 2.09. The van der Waals surface area contributed by atoms with E-state index in [0.717, 1.165) is 12.8 Å². The standard InChI is InChI=1S/C18H34O2.C5H12N2O2/c1-2-3-4-5-6-7-8-9-10-11-12-13-14-15-16-17-18(19)20;6-3-1-2-4(7)5(8)9/h9-10H,2-8,11-17H2,1H3,(H,19,20);4H,1-3,6-7H2,(H,8,9)/b10-9-;/t;4-/m.0/s1. The van der Waals surface area contributed by atoms with Crippen LogP contribution in [0.4, 0.5) is 0 Å². The van der Waals surface area contributed by atoms with Crippen molar-refractivity contribution in [3.8, 4) is 0 Å². The largest absolute Gasteiger partial charge is 0.481 e. The van der Waals surface area contributed by atoms with Crippen LogP contribution >= 0.6 is 0 Å². The normalized spacial score (nSPS) is 11.8. The van der Waals surface area contributed by atoms with Gasteiger partial charge in [-0.15, -0.1) is 0 Å². The molecule has 0 amide bonds. The van der Waals surface area contributed by atoms with Crippen molar-refractivity contribution >= 4 is 11.9 Å². The molecule has 0 rings (SSSR count). The Labute approximate surface area is 178 Å².